The van der Waals surface area contributed by atoms with Gasteiger partial charge in [0.15, 0.2) is 0 Å². The van der Waals surface area contributed by atoms with E-state index in [2.05, 4.69) is 21.2 Å². The Morgan fingerprint density at radius 2 is 1.74 bits per heavy atom. The molecule has 3 rings (SSSR count). The van der Waals surface area contributed by atoms with Gasteiger partial charge in [0.1, 0.15) is 12.4 Å². The Labute approximate surface area is 164 Å². The number of carbonyl (C=O) groups excluding carboxylic acids is 1. The predicted molar refractivity (Wildman–Crippen MR) is 106 cm³/mol. The van der Waals surface area contributed by atoms with E-state index in [0.717, 1.165) is 5.56 Å². The largest absolute Gasteiger partial charge is 0.489 e. The van der Waals surface area contributed by atoms with Crippen molar-refractivity contribution >= 4 is 33.5 Å². The number of rotatable bonds is 6. The number of aromatic carboxylic acids is 1. The predicted octanol–water partition coefficient (Wildman–Crippen LogP) is 4.98. The van der Waals surface area contributed by atoms with Crippen LogP contribution in [0.1, 0.15) is 26.3 Å². The molecule has 3 aromatic carbocycles. The fraction of sp³-hybridized carbons (Fsp3) is 0.0476. The second-order valence-corrected chi connectivity index (χ2v) is 6.67. The maximum atomic E-state index is 12.5. The monoisotopic (exact) mass is 425 g/mol. The minimum absolute atomic E-state index is 0.00853. The number of benzene rings is 3. The van der Waals surface area contributed by atoms with Crippen molar-refractivity contribution in [2.24, 2.45) is 0 Å². The average molecular weight is 426 g/mol. The molecule has 0 fully saturated rings. The van der Waals surface area contributed by atoms with Crippen LogP contribution in [0.3, 0.4) is 0 Å². The quantitative estimate of drug-likeness (QED) is 0.583. The van der Waals surface area contributed by atoms with E-state index in [0.29, 0.717) is 22.4 Å². The van der Waals surface area contributed by atoms with Crippen LogP contribution in [0.5, 0.6) is 5.75 Å². The number of carboxylic acid groups (broad SMARTS) is 1. The first-order valence-corrected chi connectivity index (χ1v) is 8.93. The van der Waals surface area contributed by atoms with Crippen LogP contribution < -0.4 is 10.1 Å². The maximum Gasteiger partial charge on any atom is 0.337 e. The molecular weight excluding hydrogens is 410 g/mol. The molecule has 3 aromatic rings. The summed E-state index contributed by atoms with van der Waals surface area (Å²) >= 11 is 3.23. The summed E-state index contributed by atoms with van der Waals surface area (Å²) in [6, 6.07) is 21.1. The van der Waals surface area contributed by atoms with Crippen LogP contribution in [0.15, 0.2) is 77.3 Å². The molecule has 5 nitrogen and oxygen atoms in total. The van der Waals surface area contributed by atoms with Gasteiger partial charge in [-0.1, -0.05) is 52.3 Å². The molecule has 0 saturated heterocycles. The molecule has 0 radical (unpaired) electrons. The summed E-state index contributed by atoms with van der Waals surface area (Å²) in [4.78, 5) is 23.9. The fourth-order valence-electron chi connectivity index (χ4n) is 2.46. The van der Waals surface area contributed by atoms with Crippen molar-refractivity contribution in [3.8, 4) is 5.75 Å². The molecule has 0 unspecified atom stereocenters. The summed E-state index contributed by atoms with van der Waals surface area (Å²) in [5, 5.41) is 11.9. The van der Waals surface area contributed by atoms with Crippen molar-refractivity contribution in [1.82, 2.24) is 0 Å². The second kappa shape index (κ2) is 8.51. The third kappa shape index (κ3) is 4.95. The number of hydrogen-bond donors (Lipinski definition) is 2. The molecule has 1 amide bonds. The molecule has 0 bridgehead atoms. The summed E-state index contributed by atoms with van der Waals surface area (Å²) in [5.41, 5.74) is 1.63. The smallest absolute Gasteiger partial charge is 0.337 e. The third-order valence-corrected chi connectivity index (χ3v) is 4.30. The minimum Gasteiger partial charge on any atom is -0.489 e. The van der Waals surface area contributed by atoms with Crippen LogP contribution in [0.2, 0.25) is 0 Å². The minimum atomic E-state index is -1.12. The highest BCUT2D eigenvalue weighted by Crippen LogP contribution is 2.23. The molecule has 136 valence electrons. The zero-order chi connectivity index (χ0) is 19.2. The highest BCUT2D eigenvalue weighted by atomic mass is 79.9. The number of halogens is 1. The molecule has 0 heterocycles. The molecule has 0 spiro atoms. The zero-order valence-electron chi connectivity index (χ0n) is 14.2. The number of nitrogens with one attached hydrogen (secondary N) is 1. The van der Waals surface area contributed by atoms with Gasteiger partial charge in [-0.2, -0.15) is 0 Å². The van der Waals surface area contributed by atoms with Crippen molar-refractivity contribution in [3.05, 3.63) is 94.0 Å². The van der Waals surface area contributed by atoms with Gasteiger partial charge in [0.25, 0.3) is 5.91 Å². The number of anilines is 1. The van der Waals surface area contributed by atoms with E-state index in [4.69, 9.17) is 4.74 Å². The Morgan fingerprint density at radius 3 is 2.48 bits per heavy atom. The van der Waals surface area contributed by atoms with Gasteiger partial charge >= 0.3 is 5.97 Å². The van der Waals surface area contributed by atoms with Crippen LogP contribution in [0.25, 0.3) is 0 Å². The van der Waals surface area contributed by atoms with E-state index in [9.17, 15) is 14.7 Å². The summed E-state index contributed by atoms with van der Waals surface area (Å²) < 4.78 is 6.35. The van der Waals surface area contributed by atoms with Gasteiger partial charge in [0.05, 0.1) is 11.3 Å². The van der Waals surface area contributed by atoms with Gasteiger partial charge in [-0.15, -0.1) is 0 Å². The first-order chi connectivity index (χ1) is 13.0. The lowest BCUT2D eigenvalue weighted by Crippen LogP contribution is -2.15. The highest BCUT2D eigenvalue weighted by molar-refractivity contribution is 9.10. The first-order valence-electron chi connectivity index (χ1n) is 8.14. The van der Waals surface area contributed by atoms with Crippen LogP contribution >= 0.6 is 15.9 Å². The second-order valence-electron chi connectivity index (χ2n) is 5.75. The van der Waals surface area contributed by atoms with Gasteiger partial charge in [-0.25, -0.2) is 4.79 Å². The van der Waals surface area contributed by atoms with Crippen molar-refractivity contribution in [1.29, 1.82) is 0 Å². The standard InChI is InChI=1S/C21H16BrNO4/c22-16-9-10-19(18(12-16)21(25)26)23-20(24)15-7-4-8-17(11-15)27-13-14-5-2-1-3-6-14/h1-12H,13H2,(H,23,24)(H,25,26). The van der Waals surface area contributed by atoms with Crippen molar-refractivity contribution in [3.63, 3.8) is 0 Å². The molecule has 0 atom stereocenters. The third-order valence-electron chi connectivity index (χ3n) is 3.80. The Morgan fingerprint density at radius 1 is 0.963 bits per heavy atom. The average Bonchev–Trinajstić information content (AvgIpc) is 2.68. The Balaban J connectivity index is 1.73. The molecule has 0 saturated carbocycles. The first kappa shape index (κ1) is 18.7. The van der Waals surface area contributed by atoms with Gasteiger partial charge in [-0.05, 0) is 42.0 Å². The summed E-state index contributed by atoms with van der Waals surface area (Å²) in [7, 11) is 0. The van der Waals surface area contributed by atoms with Crippen LogP contribution in [0.4, 0.5) is 5.69 Å². The van der Waals surface area contributed by atoms with Crippen molar-refractivity contribution < 1.29 is 19.4 Å². The lowest BCUT2D eigenvalue weighted by atomic mass is 10.1. The van der Waals surface area contributed by atoms with Crippen LogP contribution in [-0.4, -0.2) is 17.0 Å². The van der Waals surface area contributed by atoms with Crippen LogP contribution in [-0.2, 0) is 6.61 Å². The summed E-state index contributed by atoms with van der Waals surface area (Å²) in [5.74, 6) is -0.975. The Kier molecular flexibility index (Phi) is 5.88. The molecule has 6 heteroatoms. The van der Waals surface area contributed by atoms with Gasteiger partial charge in [-0.3, -0.25) is 4.79 Å². The molecule has 0 aliphatic heterocycles. The fourth-order valence-corrected chi connectivity index (χ4v) is 2.83. The maximum absolute atomic E-state index is 12.5. The van der Waals surface area contributed by atoms with E-state index in [1.165, 1.54) is 6.07 Å². The lowest BCUT2D eigenvalue weighted by Gasteiger charge is -2.11. The van der Waals surface area contributed by atoms with Crippen molar-refractivity contribution in [2.45, 2.75) is 6.61 Å². The van der Waals surface area contributed by atoms with Gasteiger partial charge in [0, 0.05) is 10.0 Å². The van der Waals surface area contributed by atoms with E-state index < -0.39 is 11.9 Å². The number of carboxylic acids is 1. The van der Waals surface area contributed by atoms with Gasteiger partial charge in [0.2, 0.25) is 0 Å². The van der Waals surface area contributed by atoms with Gasteiger partial charge < -0.3 is 15.2 Å². The SMILES string of the molecule is O=C(Nc1ccc(Br)cc1C(=O)O)c1cccc(OCc2ccccc2)c1. The van der Waals surface area contributed by atoms with Crippen molar-refractivity contribution in [2.75, 3.05) is 5.32 Å². The number of ether oxygens (including phenoxy) is 1. The van der Waals surface area contributed by atoms with Crippen LogP contribution in [0, 0.1) is 0 Å². The highest BCUT2D eigenvalue weighted by Gasteiger charge is 2.14. The Hall–Kier alpha value is -3.12. The Bertz CT molecular complexity index is 973. The normalized spacial score (nSPS) is 10.3. The van der Waals surface area contributed by atoms with E-state index in [-0.39, 0.29) is 11.3 Å². The van der Waals surface area contributed by atoms with E-state index in [1.807, 2.05) is 30.3 Å². The van der Waals surface area contributed by atoms with E-state index in [1.54, 1.807) is 36.4 Å². The number of carbonyl (C=O) groups is 2. The number of amides is 1. The molecule has 2 N–H and O–H groups in total. The summed E-state index contributed by atoms with van der Waals surface area (Å²) in [6.45, 7) is 0.391. The summed E-state index contributed by atoms with van der Waals surface area (Å²) in [6.07, 6.45) is 0. The molecule has 0 aromatic heterocycles. The molecule has 0 aliphatic carbocycles. The molecular formula is C21H16BrNO4. The zero-order valence-corrected chi connectivity index (χ0v) is 15.8. The molecule has 0 aliphatic rings. The van der Waals surface area contributed by atoms with E-state index >= 15 is 0 Å². The number of hydrogen-bond acceptors (Lipinski definition) is 3. The topological polar surface area (TPSA) is 75.6 Å². The lowest BCUT2D eigenvalue weighted by molar-refractivity contribution is 0.0698. The molecule has 27 heavy (non-hydrogen) atoms.